The molecule has 198 valence electrons. The van der Waals surface area contributed by atoms with Gasteiger partial charge in [-0.25, -0.2) is 23.1 Å². The minimum atomic E-state index is -4.19. The molecule has 0 bridgehead atoms. The maximum atomic E-state index is 13.1. The molecule has 1 aliphatic heterocycles. The maximum Gasteiger partial charge on any atom is 0.325 e. The van der Waals surface area contributed by atoms with Crippen molar-refractivity contribution in [3.63, 3.8) is 0 Å². The number of carboxylic acids is 1. The van der Waals surface area contributed by atoms with Crippen molar-refractivity contribution in [1.82, 2.24) is 9.73 Å². The first-order chi connectivity index (χ1) is 18.0. The smallest absolute Gasteiger partial charge is 0.325 e. The van der Waals surface area contributed by atoms with Gasteiger partial charge in [0.15, 0.2) is 5.60 Å². The van der Waals surface area contributed by atoms with Crippen LogP contribution in [-0.4, -0.2) is 68.5 Å². The lowest BCUT2D eigenvalue weighted by atomic mass is 9.86. The standard InChI is InChI=1S/C26H26ClN5O5S/c1-31(2)21-12-8-18(9-13-21)24-26(35,19-6-4-3-5-7-19)17-32(29-24)25(28-16-23(33)34)30-38(36,37)22-14-10-20(27)11-15-22/h3-15,35H,16-17H2,1-2H3,(H,28,30)(H,33,34). The van der Waals surface area contributed by atoms with Crippen molar-refractivity contribution < 1.29 is 23.4 Å². The van der Waals surface area contributed by atoms with Crippen molar-refractivity contribution in [1.29, 1.82) is 0 Å². The minimum absolute atomic E-state index is 0.106. The molecule has 38 heavy (non-hydrogen) atoms. The van der Waals surface area contributed by atoms with E-state index in [1.165, 1.54) is 29.3 Å². The Hall–Kier alpha value is -3.93. The number of carbonyl (C=O) groups is 1. The van der Waals surface area contributed by atoms with Gasteiger partial charge in [0.25, 0.3) is 10.0 Å². The van der Waals surface area contributed by atoms with E-state index in [4.69, 9.17) is 11.6 Å². The summed E-state index contributed by atoms with van der Waals surface area (Å²) in [6.07, 6.45) is 0. The van der Waals surface area contributed by atoms with E-state index in [1.54, 1.807) is 36.4 Å². The fourth-order valence-corrected chi connectivity index (χ4v) is 5.06. The molecule has 0 saturated heterocycles. The summed E-state index contributed by atoms with van der Waals surface area (Å²) in [4.78, 5) is 17.1. The number of sulfonamides is 1. The Morgan fingerprint density at radius 2 is 1.71 bits per heavy atom. The summed E-state index contributed by atoms with van der Waals surface area (Å²) in [6, 6.07) is 21.6. The zero-order valence-electron chi connectivity index (χ0n) is 20.6. The monoisotopic (exact) mass is 555 g/mol. The number of halogens is 1. The molecule has 0 saturated carbocycles. The van der Waals surface area contributed by atoms with Crippen LogP contribution in [-0.2, 0) is 20.4 Å². The molecule has 1 unspecified atom stereocenters. The molecule has 0 fully saturated rings. The highest BCUT2D eigenvalue weighted by Crippen LogP contribution is 2.33. The van der Waals surface area contributed by atoms with Crippen molar-refractivity contribution in [2.45, 2.75) is 10.5 Å². The second-order valence-corrected chi connectivity index (χ2v) is 10.9. The summed E-state index contributed by atoms with van der Waals surface area (Å²) < 4.78 is 28.6. The first-order valence-corrected chi connectivity index (χ1v) is 13.3. The van der Waals surface area contributed by atoms with Gasteiger partial charge in [-0.05, 0) is 42.0 Å². The Bertz CT molecular complexity index is 1480. The predicted octanol–water partition coefficient (Wildman–Crippen LogP) is 2.73. The number of carboxylic acid groups (broad SMARTS) is 1. The molecule has 10 nitrogen and oxygen atoms in total. The first-order valence-electron chi connectivity index (χ1n) is 11.5. The van der Waals surface area contributed by atoms with Gasteiger partial charge >= 0.3 is 5.97 Å². The fourth-order valence-electron chi connectivity index (χ4n) is 3.91. The number of benzene rings is 3. The molecule has 3 aromatic carbocycles. The van der Waals surface area contributed by atoms with Gasteiger partial charge in [-0.3, -0.25) is 4.79 Å². The summed E-state index contributed by atoms with van der Waals surface area (Å²) in [6.45, 7) is -0.940. The van der Waals surface area contributed by atoms with Crippen LogP contribution >= 0.6 is 11.6 Å². The topological polar surface area (TPSA) is 135 Å². The van der Waals surface area contributed by atoms with Gasteiger partial charge in [0.2, 0.25) is 5.96 Å². The molecule has 4 rings (SSSR count). The molecule has 3 aromatic rings. The molecule has 0 aromatic heterocycles. The normalized spacial score (nSPS) is 17.7. The van der Waals surface area contributed by atoms with Crippen molar-refractivity contribution in [3.05, 3.63) is 95.0 Å². The molecule has 1 heterocycles. The van der Waals surface area contributed by atoms with Crippen LogP contribution in [0.25, 0.3) is 0 Å². The summed E-state index contributed by atoms with van der Waals surface area (Å²) in [5.41, 5.74) is 0.657. The van der Waals surface area contributed by atoms with Gasteiger partial charge in [0, 0.05) is 30.4 Å². The number of anilines is 1. The Morgan fingerprint density at radius 1 is 1.08 bits per heavy atom. The number of hydrogen-bond donors (Lipinski definition) is 3. The number of rotatable bonds is 7. The molecular weight excluding hydrogens is 530 g/mol. The van der Waals surface area contributed by atoms with E-state index >= 15 is 0 Å². The van der Waals surface area contributed by atoms with Crippen LogP contribution in [0.3, 0.4) is 0 Å². The van der Waals surface area contributed by atoms with Crippen LogP contribution in [0.15, 0.2) is 93.9 Å². The number of nitrogens with one attached hydrogen (secondary N) is 1. The third-order valence-electron chi connectivity index (χ3n) is 5.86. The molecule has 0 spiro atoms. The van der Waals surface area contributed by atoms with E-state index in [-0.39, 0.29) is 23.1 Å². The summed E-state index contributed by atoms with van der Waals surface area (Å²) in [5.74, 6) is -1.62. The summed E-state index contributed by atoms with van der Waals surface area (Å²) >= 11 is 5.89. The number of aliphatic hydroxyl groups is 1. The number of nitrogens with zero attached hydrogens (tertiary/aromatic N) is 4. The molecule has 12 heteroatoms. The van der Waals surface area contributed by atoms with Crippen molar-refractivity contribution >= 4 is 45.0 Å². The number of β-amino-alcohol motifs (C(OH)–C–C–N with tert-alkyl or cyclic N) is 1. The highest BCUT2D eigenvalue weighted by molar-refractivity contribution is 7.90. The van der Waals surface area contributed by atoms with Gasteiger partial charge in [-0.1, -0.05) is 54.1 Å². The molecule has 0 aliphatic carbocycles. The van der Waals surface area contributed by atoms with Crippen LogP contribution < -0.4 is 9.62 Å². The Kier molecular flexibility index (Phi) is 7.72. The number of guanidine groups is 1. The summed E-state index contributed by atoms with van der Waals surface area (Å²) in [5, 5.41) is 27.2. The Balaban J connectivity index is 1.78. The largest absolute Gasteiger partial charge is 0.480 e. The maximum absolute atomic E-state index is 13.1. The Labute approximate surface area is 225 Å². The van der Waals surface area contributed by atoms with Crippen LogP contribution in [0.1, 0.15) is 11.1 Å². The second-order valence-electron chi connectivity index (χ2n) is 8.77. The van der Waals surface area contributed by atoms with E-state index in [0.29, 0.717) is 16.1 Å². The van der Waals surface area contributed by atoms with Crippen molar-refractivity contribution in [2.75, 3.05) is 32.1 Å². The second kappa shape index (κ2) is 10.8. The lowest BCUT2D eigenvalue weighted by Gasteiger charge is -2.26. The molecular formula is C26H26ClN5O5S. The fraction of sp³-hybridized carbons (Fsp3) is 0.192. The van der Waals surface area contributed by atoms with Gasteiger partial charge in [0.1, 0.15) is 12.3 Å². The zero-order valence-corrected chi connectivity index (χ0v) is 22.2. The lowest BCUT2D eigenvalue weighted by Crippen LogP contribution is -2.45. The van der Waals surface area contributed by atoms with Crippen molar-refractivity contribution in [3.8, 4) is 0 Å². The third-order valence-corrected chi connectivity index (χ3v) is 7.45. The number of aliphatic imine (C=N–C) groups is 1. The van der Waals surface area contributed by atoms with Gasteiger partial charge in [-0.2, -0.15) is 5.10 Å². The molecule has 1 atom stereocenters. The Morgan fingerprint density at radius 3 is 2.29 bits per heavy atom. The van der Waals surface area contributed by atoms with E-state index in [2.05, 4.69) is 14.8 Å². The first kappa shape index (κ1) is 27.1. The van der Waals surface area contributed by atoms with Crippen LogP contribution in [0.2, 0.25) is 5.02 Å². The van der Waals surface area contributed by atoms with Crippen LogP contribution in [0, 0.1) is 0 Å². The molecule has 1 aliphatic rings. The van der Waals surface area contributed by atoms with Gasteiger partial charge in [0.05, 0.1) is 11.4 Å². The number of aliphatic carboxylic acids is 1. The van der Waals surface area contributed by atoms with Crippen LogP contribution in [0.4, 0.5) is 5.69 Å². The van der Waals surface area contributed by atoms with E-state index < -0.39 is 28.1 Å². The van der Waals surface area contributed by atoms with E-state index in [1.807, 2.05) is 37.2 Å². The SMILES string of the molecule is CN(C)c1ccc(C2=NN(C(=NCC(=O)O)NS(=O)(=O)c3ccc(Cl)cc3)CC2(O)c2ccccc2)cc1. The average Bonchev–Trinajstić information content (AvgIpc) is 3.25. The summed E-state index contributed by atoms with van der Waals surface area (Å²) in [7, 11) is -0.381. The number of hydrazone groups is 1. The average molecular weight is 556 g/mol. The molecule has 3 N–H and O–H groups in total. The predicted molar refractivity (Wildman–Crippen MR) is 146 cm³/mol. The zero-order chi connectivity index (χ0) is 27.5. The van der Waals surface area contributed by atoms with Crippen molar-refractivity contribution in [2.24, 2.45) is 10.1 Å². The van der Waals surface area contributed by atoms with E-state index in [0.717, 1.165) is 5.69 Å². The minimum Gasteiger partial charge on any atom is -0.480 e. The van der Waals surface area contributed by atoms with Gasteiger partial charge < -0.3 is 15.1 Å². The highest BCUT2D eigenvalue weighted by Gasteiger charge is 2.45. The number of hydrogen-bond acceptors (Lipinski definition) is 7. The van der Waals surface area contributed by atoms with Gasteiger partial charge in [-0.15, -0.1) is 0 Å². The highest BCUT2D eigenvalue weighted by atomic mass is 35.5. The lowest BCUT2D eigenvalue weighted by molar-refractivity contribution is -0.135. The third kappa shape index (κ3) is 5.80. The van der Waals surface area contributed by atoms with Crippen LogP contribution in [0.5, 0.6) is 0 Å². The molecule has 0 amide bonds. The quantitative estimate of drug-likeness (QED) is 0.301. The van der Waals surface area contributed by atoms with E-state index in [9.17, 15) is 23.4 Å². The molecule has 0 radical (unpaired) electrons.